The van der Waals surface area contributed by atoms with E-state index in [2.05, 4.69) is 0 Å². The third kappa shape index (κ3) is 2.87. The van der Waals surface area contributed by atoms with Crippen LogP contribution in [0.1, 0.15) is 23.2 Å². The second kappa shape index (κ2) is 5.63. The molecule has 9 heteroatoms. The number of primary amides is 1. The first-order valence-corrected chi connectivity index (χ1v) is 7.91. The summed E-state index contributed by atoms with van der Waals surface area (Å²) < 4.78 is 26.0. The van der Waals surface area contributed by atoms with Gasteiger partial charge in [0.2, 0.25) is 15.9 Å². The van der Waals surface area contributed by atoms with E-state index in [0.717, 1.165) is 10.4 Å². The molecule has 1 aliphatic rings. The van der Waals surface area contributed by atoms with Gasteiger partial charge in [0.05, 0.1) is 15.5 Å². The van der Waals surface area contributed by atoms with Crippen molar-refractivity contribution in [2.75, 3.05) is 6.54 Å². The summed E-state index contributed by atoms with van der Waals surface area (Å²) in [6.45, 7) is 0.168. The molecule has 114 valence electrons. The van der Waals surface area contributed by atoms with E-state index in [9.17, 15) is 18.0 Å². The van der Waals surface area contributed by atoms with Gasteiger partial charge in [-0.15, -0.1) is 0 Å². The average Bonchev–Trinajstić information content (AvgIpc) is 2.88. The van der Waals surface area contributed by atoms with Crippen molar-refractivity contribution in [1.82, 2.24) is 4.31 Å². The number of rotatable bonds is 4. The molecular weight excluding hydrogens is 320 g/mol. The number of halogens is 1. The first kappa shape index (κ1) is 15.7. The Morgan fingerprint density at radius 2 is 2.05 bits per heavy atom. The molecule has 0 aromatic heterocycles. The van der Waals surface area contributed by atoms with Gasteiger partial charge in [0, 0.05) is 6.54 Å². The number of nitrogens with two attached hydrogens (primary N) is 1. The lowest BCUT2D eigenvalue weighted by Gasteiger charge is -2.21. The van der Waals surface area contributed by atoms with E-state index in [1.807, 2.05) is 0 Å². The number of nitrogens with zero attached hydrogens (tertiary/aromatic N) is 1. The molecule has 1 aromatic rings. The van der Waals surface area contributed by atoms with E-state index in [0.29, 0.717) is 12.8 Å². The molecule has 0 bridgehead atoms. The van der Waals surface area contributed by atoms with E-state index in [1.165, 1.54) is 12.1 Å². The minimum absolute atomic E-state index is 0.0608. The number of benzene rings is 1. The van der Waals surface area contributed by atoms with Crippen LogP contribution in [0.2, 0.25) is 5.02 Å². The molecule has 1 aromatic carbocycles. The molecule has 0 unspecified atom stereocenters. The molecule has 1 amide bonds. The second-order valence-electron chi connectivity index (χ2n) is 4.62. The lowest BCUT2D eigenvalue weighted by Crippen LogP contribution is -2.43. The summed E-state index contributed by atoms with van der Waals surface area (Å²) in [6, 6.07) is 2.49. The molecular formula is C12H13ClN2O5S. The average molecular weight is 333 g/mol. The number of carbonyl (C=O) groups is 2. The van der Waals surface area contributed by atoms with Gasteiger partial charge in [-0.1, -0.05) is 11.6 Å². The summed E-state index contributed by atoms with van der Waals surface area (Å²) in [5.74, 6) is -2.05. The summed E-state index contributed by atoms with van der Waals surface area (Å²) in [6.07, 6.45) is 0.875. The van der Waals surface area contributed by atoms with E-state index in [1.54, 1.807) is 0 Å². The van der Waals surface area contributed by atoms with Crippen LogP contribution in [0.5, 0.6) is 0 Å². The van der Waals surface area contributed by atoms with Crippen molar-refractivity contribution in [2.24, 2.45) is 5.73 Å². The maximum atomic E-state index is 12.5. The Bertz CT molecular complexity index is 704. The van der Waals surface area contributed by atoms with Gasteiger partial charge >= 0.3 is 5.97 Å². The Hall–Kier alpha value is -1.64. The highest BCUT2D eigenvalue weighted by Crippen LogP contribution is 2.28. The summed E-state index contributed by atoms with van der Waals surface area (Å²) in [4.78, 5) is 22.1. The highest BCUT2D eigenvalue weighted by Gasteiger charge is 2.38. The lowest BCUT2D eigenvalue weighted by atomic mass is 10.2. The van der Waals surface area contributed by atoms with Crippen molar-refractivity contribution in [3.63, 3.8) is 0 Å². The molecule has 0 spiro atoms. The first-order valence-electron chi connectivity index (χ1n) is 6.09. The Labute approximate surface area is 126 Å². The van der Waals surface area contributed by atoms with Crippen LogP contribution in [0.3, 0.4) is 0 Å². The molecule has 1 heterocycles. The van der Waals surface area contributed by atoms with E-state index >= 15 is 0 Å². The van der Waals surface area contributed by atoms with Gasteiger partial charge in [0.25, 0.3) is 0 Å². The van der Waals surface area contributed by atoms with Gasteiger partial charge in [-0.25, -0.2) is 13.2 Å². The van der Waals surface area contributed by atoms with Gasteiger partial charge in [-0.05, 0) is 31.0 Å². The zero-order chi connectivity index (χ0) is 15.8. The normalized spacial score (nSPS) is 19.6. The largest absolute Gasteiger partial charge is 0.478 e. The van der Waals surface area contributed by atoms with Gasteiger partial charge in [-0.3, -0.25) is 4.79 Å². The highest BCUT2D eigenvalue weighted by molar-refractivity contribution is 7.89. The van der Waals surface area contributed by atoms with Crippen LogP contribution >= 0.6 is 11.6 Å². The van der Waals surface area contributed by atoms with Crippen molar-refractivity contribution in [2.45, 2.75) is 23.8 Å². The predicted octanol–water partition coefficient (Wildman–Crippen LogP) is 0.677. The zero-order valence-electron chi connectivity index (χ0n) is 10.8. The number of carboxylic acids is 1. The number of carbonyl (C=O) groups excluding carboxylic acids is 1. The highest BCUT2D eigenvalue weighted by atomic mass is 35.5. The number of hydrogen-bond acceptors (Lipinski definition) is 4. The topological polar surface area (TPSA) is 118 Å². The van der Waals surface area contributed by atoms with Crippen molar-refractivity contribution < 1.29 is 23.1 Å². The lowest BCUT2D eigenvalue weighted by molar-refractivity contribution is -0.121. The van der Waals surface area contributed by atoms with Crippen LogP contribution in [-0.4, -0.2) is 42.3 Å². The molecule has 1 atom stereocenters. The van der Waals surface area contributed by atoms with Crippen LogP contribution in [0.25, 0.3) is 0 Å². The molecule has 1 saturated heterocycles. The Balaban J connectivity index is 2.47. The van der Waals surface area contributed by atoms with Crippen molar-refractivity contribution in [3.8, 4) is 0 Å². The van der Waals surface area contributed by atoms with Gasteiger partial charge in [0.1, 0.15) is 6.04 Å². The third-order valence-corrected chi connectivity index (χ3v) is 5.54. The predicted molar refractivity (Wildman–Crippen MR) is 74.5 cm³/mol. The summed E-state index contributed by atoms with van der Waals surface area (Å²) in [5, 5.41) is 8.93. The molecule has 21 heavy (non-hydrogen) atoms. The van der Waals surface area contributed by atoms with Crippen LogP contribution in [0.4, 0.5) is 0 Å². The van der Waals surface area contributed by atoms with Crippen LogP contribution in [-0.2, 0) is 14.8 Å². The van der Waals surface area contributed by atoms with Crippen LogP contribution < -0.4 is 5.73 Å². The fourth-order valence-electron chi connectivity index (χ4n) is 2.28. The number of carboxylic acid groups (broad SMARTS) is 1. The molecule has 2 rings (SSSR count). The molecule has 0 saturated carbocycles. The number of sulfonamides is 1. The maximum Gasteiger partial charge on any atom is 0.337 e. The van der Waals surface area contributed by atoms with Crippen LogP contribution in [0, 0.1) is 0 Å². The Morgan fingerprint density at radius 3 is 2.62 bits per heavy atom. The number of aromatic carboxylic acids is 1. The van der Waals surface area contributed by atoms with Gasteiger partial charge < -0.3 is 10.8 Å². The fraction of sp³-hybridized carbons (Fsp3) is 0.333. The molecule has 1 aliphatic heterocycles. The fourth-order valence-corrected chi connectivity index (χ4v) is 4.17. The van der Waals surface area contributed by atoms with Crippen molar-refractivity contribution >= 4 is 33.5 Å². The number of hydrogen-bond donors (Lipinski definition) is 2. The molecule has 0 aliphatic carbocycles. The van der Waals surface area contributed by atoms with Crippen molar-refractivity contribution in [3.05, 3.63) is 28.8 Å². The van der Waals surface area contributed by atoms with Gasteiger partial charge in [0.15, 0.2) is 0 Å². The van der Waals surface area contributed by atoms with Crippen LogP contribution in [0.15, 0.2) is 23.1 Å². The molecule has 7 nitrogen and oxygen atoms in total. The smallest absolute Gasteiger partial charge is 0.337 e. The second-order valence-corrected chi connectivity index (χ2v) is 6.92. The summed E-state index contributed by atoms with van der Waals surface area (Å²) in [5.41, 5.74) is 4.89. The Morgan fingerprint density at radius 1 is 1.38 bits per heavy atom. The molecule has 3 N–H and O–H groups in total. The maximum absolute atomic E-state index is 12.5. The third-order valence-electron chi connectivity index (χ3n) is 3.31. The quantitative estimate of drug-likeness (QED) is 0.840. The SMILES string of the molecule is NC(=O)[C@H]1CCCN1S(=O)(=O)c1ccc(Cl)c(C(=O)O)c1. The van der Waals surface area contributed by atoms with E-state index < -0.39 is 27.9 Å². The first-order chi connectivity index (χ1) is 9.75. The van der Waals surface area contributed by atoms with E-state index in [4.69, 9.17) is 22.4 Å². The molecule has 1 fully saturated rings. The zero-order valence-corrected chi connectivity index (χ0v) is 12.4. The van der Waals surface area contributed by atoms with Gasteiger partial charge in [-0.2, -0.15) is 4.31 Å². The standard InChI is InChI=1S/C12H13ClN2O5S/c13-9-4-3-7(6-8(9)12(17)18)21(19,20)15-5-1-2-10(15)11(14)16/h3-4,6,10H,1-2,5H2,(H2,14,16)(H,17,18)/t10-/m1/s1. The van der Waals surface area contributed by atoms with Crippen molar-refractivity contribution in [1.29, 1.82) is 0 Å². The summed E-state index contributed by atoms with van der Waals surface area (Å²) in [7, 11) is -4.00. The van der Waals surface area contributed by atoms with E-state index in [-0.39, 0.29) is 22.0 Å². The monoisotopic (exact) mass is 332 g/mol. The molecule has 0 radical (unpaired) electrons. The number of amides is 1. The Kier molecular flexibility index (Phi) is 4.22. The minimum Gasteiger partial charge on any atom is -0.478 e. The summed E-state index contributed by atoms with van der Waals surface area (Å²) >= 11 is 5.72. The minimum atomic E-state index is -4.00.